The van der Waals surface area contributed by atoms with Crippen LogP contribution in [0.2, 0.25) is 0 Å². The number of anilines is 1. The summed E-state index contributed by atoms with van der Waals surface area (Å²) in [6, 6.07) is 16.6. The second-order valence-electron chi connectivity index (χ2n) is 9.73. The maximum Gasteiger partial charge on any atom is 0.264 e. The molecule has 1 N–H and O–H groups in total. The van der Waals surface area contributed by atoms with Gasteiger partial charge in [0, 0.05) is 13.1 Å². The van der Waals surface area contributed by atoms with Gasteiger partial charge in [0.2, 0.25) is 11.8 Å². The summed E-state index contributed by atoms with van der Waals surface area (Å²) in [6.45, 7) is 8.95. The van der Waals surface area contributed by atoms with Crippen molar-refractivity contribution in [3.05, 3.63) is 94.8 Å². The Morgan fingerprint density at radius 2 is 1.54 bits per heavy atom. The molecule has 0 aliphatic rings. The molecule has 1 atom stereocenters. The number of halogens is 1. The zero-order valence-corrected chi connectivity index (χ0v) is 23.9. The molecular formula is C30H36FN3O4S. The topological polar surface area (TPSA) is 86.8 Å². The number of hydrogen-bond acceptors (Lipinski definition) is 4. The highest BCUT2D eigenvalue weighted by atomic mass is 32.2. The van der Waals surface area contributed by atoms with Gasteiger partial charge in [0.25, 0.3) is 10.0 Å². The van der Waals surface area contributed by atoms with Gasteiger partial charge in [-0.05, 0) is 81.1 Å². The van der Waals surface area contributed by atoms with Gasteiger partial charge in [0.15, 0.2) is 0 Å². The summed E-state index contributed by atoms with van der Waals surface area (Å²) in [4.78, 5) is 28.2. The molecule has 0 aromatic heterocycles. The Kier molecular flexibility index (Phi) is 9.86. The molecule has 0 radical (unpaired) electrons. The van der Waals surface area contributed by atoms with Crippen LogP contribution in [0.1, 0.15) is 42.5 Å². The second-order valence-corrected chi connectivity index (χ2v) is 11.6. The van der Waals surface area contributed by atoms with Crippen LogP contribution in [0, 0.1) is 26.6 Å². The molecule has 7 nitrogen and oxygen atoms in total. The standard InChI is InChI=1S/C30H36FN3O4S/c1-6-17-32-30(36)24(5)33(19-25-11-13-26(31)14-12-25)29(35)20-34(28-18-22(3)7-10-23(28)4)39(37,38)27-15-8-21(2)9-16-27/h7-16,18,24H,6,17,19-20H2,1-5H3,(H,32,36). The highest BCUT2D eigenvalue weighted by Crippen LogP contribution is 2.28. The van der Waals surface area contributed by atoms with E-state index in [4.69, 9.17) is 0 Å². The largest absolute Gasteiger partial charge is 0.354 e. The van der Waals surface area contributed by atoms with Crippen LogP contribution in [-0.4, -0.2) is 44.3 Å². The molecule has 0 saturated carbocycles. The van der Waals surface area contributed by atoms with Crippen molar-refractivity contribution in [2.45, 2.75) is 58.5 Å². The number of aryl methyl sites for hydroxylation is 3. The number of carbonyl (C=O) groups is 2. The van der Waals surface area contributed by atoms with Gasteiger partial charge in [-0.2, -0.15) is 0 Å². The van der Waals surface area contributed by atoms with Crippen LogP contribution < -0.4 is 9.62 Å². The van der Waals surface area contributed by atoms with Gasteiger partial charge in [-0.15, -0.1) is 0 Å². The Morgan fingerprint density at radius 1 is 0.923 bits per heavy atom. The number of carbonyl (C=O) groups excluding carboxylic acids is 2. The van der Waals surface area contributed by atoms with Crippen LogP contribution in [0.3, 0.4) is 0 Å². The summed E-state index contributed by atoms with van der Waals surface area (Å²) in [5.41, 5.74) is 3.42. The van der Waals surface area contributed by atoms with Crippen LogP contribution in [-0.2, 0) is 26.2 Å². The number of rotatable bonds is 11. The van der Waals surface area contributed by atoms with Crippen LogP contribution >= 0.6 is 0 Å². The fourth-order valence-corrected chi connectivity index (χ4v) is 5.57. The Balaban J connectivity index is 2.05. The third-order valence-corrected chi connectivity index (χ3v) is 8.28. The van der Waals surface area contributed by atoms with Gasteiger partial charge in [0.1, 0.15) is 18.4 Å². The first-order chi connectivity index (χ1) is 18.4. The summed E-state index contributed by atoms with van der Waals surface area (Å²) in [7, 11) is -4.14. The predicted octanol–water partition coefficient (Wildman–Crippen LogP) is 4.89. The lowest BCUT2D eigenvalue weighted by molar-refractivity contribution is -0.139. The highest BCUT2D eigenvalue weighted by molar-refractivity contribution is 7.92. The van der Waals surface area contributed by atoms with Crippen molar-refractivity contribution in [1.82, 2.24) is 10.2 Å². The summed E-state index contributed by atoms with van der Waals surface area (Å²) in [5, 5.41) is 2.80. The molecule has 2 amide bonds. The summed E-state index contributed by atoms with van der Waals surface area (Å²) in [6.07, 6.45) is 0.722. The lowest BCUT2D eigenvalue weighted by Gasteiger charge is -2.32. The molecule has 0 aliphatic carbocycles. The molecule has 0 spiro atoms. The molecule has 39 heavy (non-hydrogen) atoms. The van der Waals surface area contributed by atoms with Crippen molar-refractivity contribution in [2.75, 3.05) is 17.4 Å². The molecule has 3 rings (SSSR count). The Morgan fingerprint density at radius 3 is 2.15 bits per heavy atom. The summed E-state index contributed by atoms with van der Waals surface area (Å²) in [5.74, 6) is -1.34. The lowest BCUT2D eigenvalue weighted by Crippen LogP contribution is -2.51. The maximum atomic E-state index is 13.9. The lowest BCUT2D eigenvalue weighted by atomic mass is 10.1. The monoisotopic (exact) mass is 553 g/mol. The molecule has 0 bridgehead atoms. The van der Waals surface area contributed by atoms with E-state index in [2.05, 4.69) is 5.32 Å². The second kappa shape index (κ2) is 12.9. The molecule has 0 aliphatic heterocycles. The van der Waals surface area contributed by atoms with E-state index in [1.165, 1.54) is 41.3 Å². The van der Waals surface area contributed by atoms with Crippen molar-refractivity contribution in [2.24, 2.45) is 0 Å². The molecule has 3 aromatic rings. The van der Waals surface area contributed by atoms with Gasteiger partial charge in [-0.25, -0.2) is 12.8 Å². The van der Waals surface area contributed by atoms with E-state index in [0.29, 0.717) is 23.4 Å². The molecule has 0 fully saturated rings. The third-order valence-electron chi connectivity index (χ3n) is 6.50. The first-order valence-electron chi connectivity index (χ1n) is 12.9. The minimum atomic E-state index is -4.14. The van der Waals surface area contributed by atoms with Crippen molar-refractivity contribution in [3.8, 4) is 0 Å². The summed E-state index contributed by atoms with van der Waals surface area (Å²) >= 11 is 0. The first kappa shape index (κ1) is 29.8. The van der Waals surface area contributed by atoms with E-state index in [-0.39, 0.29) is 17.3 Å². The van der Waals surface area contributed by atoms with Gasteiger partial charge in [-0.1, -0.05) is 48.9 Å². The molecule has 0 saturated heterocycles. The van der Waals surface area contributed by atoms with Gasteiger partial charge in [-0.3, -0.25) is 13.9 Å². The zero-order chi connectivity index (χ0) is 28.7. The van der Waals surface area contributed by atoms with Crippen molar-refractivity contribution < 1.29 is 22.4 Å². The van der Waals surface area contributed by atoms with Crippen LogP contribution in [0.15, 0.2) is 71.6 Å². The minimum absolute atomic E-state index is 0.00500. The molecule has 0 heterocycles. The highest BCUT2D eigenvalue weighted by Gasteiger charge is 2.33. The van der Waals surface area contributed by atoms with Crippen LogP contribution in [0.5, 0.6) is 0 Å². The number of nitrogens with zero attached hydrogens (tertiary/aromatic N) is 2. The van der Waals surface area contributed by atoms with Gasteiger partial charge in [0.05, 0.1) is 10.6 Å². The Bertz CT molecular complexity index is 1410. The van der Waals surface area contributed by atoms with Crippen molar-refractivity contribution in [1.29, 1.82) is 0 Å². The quantitative estimate of drug-likeness (QED) is 0.366. The van der Waals surface area contributed by atoms with Gasteiger partial charge >= 0.3 is 0 Å². The first-order valence-corrected chi connectivity index (χ1v) is 14.4. The van der Waals surface area contributed by atoms with Gasteiger partial charge < -0.3 is 10.2 Å². The SMILES string of the molecule is CCCNC(=O)C(C)N(Cc1ccc(F)cc1)C(=O)CN(c1cc(C)ccc1C)S(=O)(=O)c1ccc(C)cc1. The minimum Gasteiger partial charge on any atom is -0.354 e. The number of amides is 2. The summed E-state index contributed by atoms with van der Waals surface area (Å²) < 4.78 is 42.5. The normalized spacial score (nSPS) is 12.1. The van der Waals surface area contributed by atoms with Crippen LogP contribution in [0.25, 0.3) is 0 Å². The third kappa shape index (κ3) is 7.44. The Hall–Kier alpha value is -3.72. The molecular weight excluding hydrogens is 517 g/mol. The number of benzene rings is 3. The van der Waals surface area contributed by atoms with E-state index in [1.54, 1.807) is 32.0 Å². The maximum absolute atomic E-state index is 13.9. The van der Waals surface area contributed by atoms with E-state index >= 15 is 0 Å². The smallest absolute Gasteiger partial charge is 0.264 e. The average molecular weight is 554 g/mol. The van der Waals surface area contributed by atoms with E-state index in [9.17, 15) is 22.4 Å². The number of hydrogen-bond donors (Lipinski definition) is 1. The Labute approximate surface area is 230 Å². The van der Waals surface area contributed by atoms with E-state index in [0.717, 1.165) is 21.9 Å². The van der Waals surface area contributed by atoms with Crippen molar-refractivity contribution >= 4 is 27.5 Å². The molecule has 9 heteroatoms. The van der Waals surface area contributed by atoms with Crippen LogP contribution in [0.4, 0.5) is 10.1 Å². The fraction of sp³-hybridized carbons (Fsp3) is 0.333. The van der Waals surface area contributed by atoms with Crippen molar-refractivity contribution in [3.63, 3.8) is 0 Å². The number of sulfonamides is 1. The molecule has 3 aromatic carbocycles. The number of nitrogens with one attached hydrogen (secondary N) is 1. The predicted molar refractivity (Wildman–Crippen MR) is 151 cm³/mol. The van der Waals surface area contributed by atoms with E-state index < -0.39 is 34.3 Å². The molecule has 208 valence electrons. The molecule has 1 unspecified atom stereocenters. The van der Waals surface area contributed by atoms with E-state index in [1.807, 2.05) is 32.9 Å². The zero-order valence-electron chi connectivity index (χ0n) is 23.1. The average Bonchev–Trinajstić information content (AvgIpc) is 2.91. The fourth-order valence-electron chi connectivity index (χ4n) is 4.10.